The molecule has 1 aromatic carbocycles. The molecule has 1 aliphatic rings. The molecule has 0 bridgehead atoms. The molecule has 1 fully saturated rings. The van der Waals surface area contributed by atoms with Crippen LogP contribution >= 0.6 is 23.2 Å². The van der Waals surface area contributed by atoms with Crippen LogP contribution in [-0.2, 0) is 16.6 Å². The Hall–Kier alpha value is -0.330. The summed E-state index contributed by atoms with van der Waals surface area (Å²) in [5, 5.41) is 3.57. The largest absolute Gasteiger partial charge is 0.316 e. The molecule has 1 aromatic rings. The summed E-state index contributed by atoms with van der Waals surface area (Å²) in [6.07, 6.45) is 2.10. The maximum atomic E-state index is 12.6. The summed E-state index contributed by atoms with van der Waals surface area (Å²) < 4.78 is 28.0. The van der Waals surface area contributed by atoms with Gasteiger partial charge in [-0.1, -0.05) is 23.2 Å². The van der Waals surface area contributed by atoms with Gasteiger partial charge >= 0.3 is 0 Å². The van der Waals surface area contributed by atoms with Gasteiger partial charge < -0.3 is 5.32 Å². The molecule has 21 heavy (non-hydrogen) atoms. The zero-order valence-corrected chi connectivity index (χ0v) is 14.7. The topological polar surface area (TPSA) is 58.2 Å². The molecule has 0 saturated heterocycles. The third kappa shape index (κ3) is 3.71. The van der Waals surface area contributed by atoms with Crippen molar-refractivity contribution in [3.05, 3.63) is 27.7 Å². The van der Waals surface area contributed by atoms with Gasteiger partial charge in [0.1, 0.15) is 4.90 Å². The molecule has 0 atom stereocenters. The van der Waals surface area contributed by atoms with Gasteiger partial charge in [-0.3, -0.25) is 0 Å². The zero-order chi connectivity index (χ0) is 15.8. The Morgan fingerprint density at radius 3 is 2.43 bits per heavy atom. The normalized spacial score (nSPS) is 16.2. The van der Waals surface area contributed by atoms with Crippen molar-refractivity contribution >= 4 is 33.2 Å². The van der Waals surface area contributed by atoms with Crippen molar-refractivity contribution in [2.75, 3.05) is 7.05 Å². The summed E-state index contributed by atoms with van der Waals surface area (Å²) in [7, 11) is -1.93. The first kappa shape index (κ1) is 17.0. The molecule has 0 amide bonds. The molecule has 0 spiro atoms. The van der Waals surface area contributed by atoms with E-state index < -0.39 is 15.6 Å². The van der Waals surface area contributed by atoms with Crippen LogP contribution in [0.3, 0.4) is 0 Å². The lowest BCUT2D eigenvalue weighted by Crippen LogP contribution is -2.45. The molecule has 1 saturated carbocycles. The third-order valence-corrected chi connectivity index (χ3v) is 6.40. The number of rotatable bonds is 6. The average Bonchev–Trinajstić information content (AvgIpc) is 3.17. The fourth-order valence-corrected chi connectivity index (χ4v) is 4.80. The minimum atomic E-state index is -3.68. The molecule has 4 nitrogen and oxygen atoms in total. The van der Waals surface area contributed by atoms with Crippen LogP contribution in [0.5, 0.6) is 0 Å². The molecular weight excluding hydrogens is 331 g/mol. The predicted molar refractivity (Wildman–Crippen MR) is 86.4 cm³/mol. The van der Waals surface area contributed by atoms with Crippen LogP contribution in [0.4, 0.5) is 0 Å². The first-order chi connectivity index (χ1) is 9.69. The van der Waals surface area contributed by atoms with Crippen LogP contribution in [-0.4, -0.2) is 21.0 Å². The molecule has 0 aromatic heterocycles. The first-order valence-electron chi connectivity index (χ1n) is 6.84. The third-order valence-electron chi connectivity index (χ3n) is 3.79. The van der Waals surface area contributed by atoms with Gasteiger partial charge in [-0.15, -0.1) is 0 Å². The van der Waals surface area contributed by atoms with Gasteiger partial charge in [0, 0.05) is 22.7 Å². The fraction of sp³-hybridized carbons (Fsp3) is 0.571. The molecule has 2 rings (SSSR count). The van der Waals surface area contributed by atoms with Crippen molar-refractivity contribution in [3.8, 4) is 0 Å². The second-order valence-electron chi connectivity index (χ2n) is 5.97. The van der Waals surface area contributed by atoms with Crippen LogP contribution in [0, 0.1) is 5.92 Å². The zero-order valence-electron chi connectivity index (χ0n) is 12.3. The van der Waals surface area contributed by atoms with E-state index >= 15 is 0 Å². The van der Waals surface area contributed by atoms with Crippen molar-refractivity contribution in [3.63, 3.8) is 0 Å². The van der Waals surface area contributed by atoms with E-state index in [1.54, 1.807) is 13.1 Å². The van der Waals surface area contributed by atoms with Gasteiger partial charge in [-0.25, -0.2) is 13.1 Å². The van der Waals surface area contributed by atoms with E-state index in [-0.39, 0.29) is 9.92 Å². The lowest BCUT2D eigenvalue weighted by molar-refractivity contribution is 0.400. The van der Waals surface area contributed by atoms with Crippen molar-refractivity contribution < 1.29 is 8.42 Å². The summed E-state index contributed by atoms with van der Waals surface area (Å²) >= 11 is 12.3. The summed E-state index contributed by atoms with van der Waals surface area (Å²) in [6, 6.07) is 3.02. The van der Waals surface area contributed by atoms with Crippen molar-refractivity contribution in [2.45, 2.75) is 43.7 Å². The molecule has 118 valence electrons. The minimum absolute atomic E-state index is 0.0764. The molecule has 7 heteroatoms. The van der Waals surface area contributed by atoms with E-state index in [1.165, 1.54) is 6.07 Å². The Kier molecular flexibility index (Phi) is 4.90. The quantitative estimate of drug-likeness (QED) is 0.828. The number of hydrogen-bond donors (Lipinski definition) is 2. The number of benzene rings is 1. The SMILES string of the molecule is CNCc1c(Cl)ccc(S(=O)(=O)NC(C)(C)C2CC2)c1Cl. The predicted octanol–water partition coefficient (Wildman–Crippen LogP) is 3.18. The standard InChI is InChI=1S/C14H20Cl2N2O2S/c1-14(2,9-4-5-9)18-21(19,20)12-7-6-11(15)10(8-17-3)13(12)16/h6-7,9,17-18H,4-5,8H2,1-3H3. The van der Waals surface area contributed by atoms with Crippen molar-refractivity contribution in [1.29, 1.82) is 0 Å². The molecule has 0 heterocycles. The maximum Gasteiger partial charge on any atom is 0.242 e. The van der Waals surface area contributed by atoms with Crippen molar-refractivity contribution in [2.24, 2.45) is 5.92 Å². The van der Waals surface area contributed by atoms with E-state index in [9.17, 15) is 8.42 Å². The Bertz CT molecular complexity index is 641. The van der Waals surface area contributed by atoms with Crippen LogP contribution in [0.15, 0.2) is 17.0 Å². The molecule has 0 aliphatic heterocycles. The van der Waals surface area contributed by atoms with E-state index in [0.717, 1.165) is 12.8 Å². The second kappa shape index (κ2) is 6.05. The van der Waals surface area contributed by atoms with Crippen LogP contribution in [0.25, 0.3) is 0 Å². The van der Waals surface area contributed by atoms with Gasteiger partial charge in [0.25, 0.3) is 0 Å². The van der Waals surface area contributed by atoms with E-state index in [2.05, 4.69) is 10.0 Å². The highest BCUT2D eigenvalue weighted by atomic mass is 35.5. The van der Waals surface area contributed by atoms with E-state index in [1.807, 2.05) is 13.8 Å². The summed E-state index contributed by atoms with van der Waals surface area (Å²) in [6.45, 7) is 4.22. The first-order valence-corrected chi connectivity index (χ1v) is 9.08. The molecular formula is C14H20Cl2N2O2S. The van der Waals surface area contributed by atoms with Gasteiger partial charge in [-0.05, 0) is 51.8 Å². The summed E-state index contributed by atoms with van der Waals surface area (Å²) in [5.41, 5.74) is 0.123. The van der Waals surface area contributed by atoms with Crippen LogP contribution in [0.2, 0.25) is 10.0 Å². The Morgan fingerprint density at radius 2 is 1.90 bits per heavy atom. The highest BCUT2D eigenvalue weighted by Crippen LogP contribution is 2.40. The molecule has 1 aliphatic carbocycles. The Balaban J connectivity index is 2.38. The fourth-order valence-electron chi connectivity index (χ4n) is 2.41. The van der Waals surface area contributed by atoms with E-state index in [4.69, 9.17) is 23.2 Å². The van der Waals surface area contributed by atoms with Gasteiger partial charge in [0.2, 0.25) is 10.0 Å². The van der Waals surface area contributed by atoms with Gasteiger partial charge in [0.15, 0.2) is 0 Å². The van der Waals surface area contributed by atoms with Crippen LogP contribution < -0.4 is 10.0 Å². The Labute approximate surface area is 136 Å². The second-order valence-corrected chi connectivity index (χ2v) is 8.41. The smallest absolute Gasteiger partial charge is 0.242 e. The highest BCUT2D eigenvalue weighted by molar-refractivity contribution is 7.89. The Morgan fingerprint density at radius 1 is 1.29 bits per heavy atom. The lowest BCUT2D eigenvalue weighted by atomic mass is 10.0. The molecule has 2 N–H and O–H groups in total. The number of hydrogen-bond acceptors (Lipinski definition) is 3. The highest BCUT2D eigenvalue weighted by Gasteiger charge is 2.41. The minimum Gasteiger partial charge on any atom is -0.316 e. The summed E-state index contributed by atoms with van der Waals surface area (Å²) in [5.74, 6) is 0.384. The van der Waals surface area contributed by atoms with E-state index in [0.29, 0.717) is 23.0 Å². The summed E-state index contributed by atoms with van der Waals surface area (Å²) in [4.78, 5) is 0.0764. The molecule has 0 radical (unpaired) electrons. The number of nitrogens with one attached hydrogen (secondary N) is 2. The van der Waals surface area contributed by atoms with Gasteiger partial charge in [0.05, 0.1) is 5.02 Å². The number of sulfonamides is 1. The van der Waals surface area contributed by atoms with Gasteiger partial charge in [-0.2, -0.15) is 0 Å². The maximum absolute atomic E-state index is 12.6. The average molecular weight is 351 g/mol. The lowest BCUT2D eigenvalue weighted by Gasteiger charge is -2.26. The van der Waals surface area contributed by atoms with Crippen molar-refractivity contribution in [1.82, 2.24) is 10.0 Å². The number of halogens is 2. The molecule has 0 unspecified atom stereocenters. The van der Waals surface area contributed by atoms with Crippen LogP contribution in [0.1, 0.15) is 32.3 Å². The monoisotopic (exact) mass is 350 g/mol.